The molecule has 0 aromatic heterocycles. The molecule has 1 aromatic rings. The van der Waals surface area contributed by atoms with Crippen molar-refractivity contribution >= 4 is 11.8 Å². The highest BCUT2D eigenvalue weighted by Crippen LogP contribution is 2.26. The first kappa shape index (κ1) is 14.9. The first-order chi connectivity index (χ1) is 9.29. The third kappa shape index (κ3) is 5.55. The van der Waals surface area contributed by atoms with Gasteiger partial charge in [-0.2, -0.15) is 0 Å². The molecule has 0 unspecified atom stereocenters. The largest absolute Gasteiger partial charge is 0.389 e. The summed E-state index contributed by atoms with van der Waals surface area (Å²) in [5.74, 6) is 1.06. The van der Waals surface area contributed by atoms with Crippen molar-refractivity contribution in [3.05, 3.63) is 30.3 Å². The van der Waals surface area contributed by atoms with E-state index in [1.165, 1.54) is 30.6 Å². The topological polar surface area (TPSA) is 32.3 Å². The molecule has 3 heteroatoms. The van der Waals surface area contributed by atoms with E-state index < -0.39 is 5.60 Å². The number of hydrogen-bond donors (Lipinski definition) is 2. The number of aliphatic hydroxyl groups is 1. The van der Waals surface area contributed by atoms with Gasteiger partial charge in [0.2, 0.25) is 0 Å². The predicted molar refractivity (Wildman–Crippen MR) is 82.7 cm³/mol. The van der Waals surface area contributed by atoms with Gasteiger partial charge in [0.1, 0.15) is 0 Å². The summed E-state index contributed by atoms with van der Waals surface area (Å²) in [5, 5.41) is 13.9. The molecule has 0 atom stereocenters. The maximum Gasteiger partial charge on any atom is 0.0771 e. The number of nitrogens with one attached hydrogen (secondary N) is 1. The van der Waals surface area contributed by atoms with Crippen LogP contribution in [0, 0.1) is 0 Å². The minimum Gasteiger partial charge on any atom is -0.389 e. The van der Waals surface area contributed by atoms with Gasteiger partial charge in [-0.3, -0.25) is 0 Å². The van der Waals surface area contributed by atoms with Crippen LogP contribution in [-0.4, -0.2) is 29.5 Å². The highest BCUT2D eigenvalue weighted by Gasteiger charge is 2.26. The van der Waals surface area contributed by atoms with Crippen LogP contribution in [0.3, 0.4) is 0 Å². The van der Waals surface area contributed by atoms with Crippen LogP contribution >= 0.6 is 11.8 Å². The number of thioether (sulfide) groups is 1. The molecule has 0 saturated heterocycles. The van der Waals surface area contributed by atoms with Gasteiger partial charge in [-0.15, -0.1) is 11.8 Å². The van der Waals surface area contributed by atoms with Gasteiger partial charge in [-0.1, -0.05) is 43.9 Å². The summed E-state index contributed by atoms with van der Waals surface area (Å²) in [7, 11) is 0. The highest BCUT2D eigenvalue weighted by atomic mass is 32.2. The predicted octanol–water partition coefficient (Wildman–Crippen LogP) is 3.45. The zero-order valence-corrected chi connectivity index (χ0v) is 12.4. The molecule has 2 nitrogen and oxygen atoms in total. The molecule has 1 saturated carbocycles. The van der Waals surface area contributed by atoms with E-state index in [9.17, 15) is 5.11 Å². The van der Waals surface area contributed by atoms with Crippen LogP contribution in [-0.2, 0) is 0 Å². The Kier molecular flexibility index (Phi) is 6.21. The van der Waals surface area contributed by atoms with Gasteiger partial charge in [-0.05, 0) is 25.0 Å². The molecular weight excluding hydrogens is 254 g/mol. The monoisotopic (exact) mass is 279 g/mol. The minimum absolute atomic E-state index is 0.450. The molecule has 1 aliphatic rings. The maximum atomic E-state index is 10.5. The average molecular weight is 279 g/mol. The lowest BCUT2D eigenvalue weighted by Gasteiger charge is -2.26. The Morgan fingerprint density at radius 1 is 1.05 bits per heavy atom. The Bertz CT molecular complexity index is 347. The summed E-state index contributed by atoms with van der Waals surface area (Å²) in [5.41, 5.74) is -0.450. The van der Waals surface area contributed by atoms with E-state index in [0.29, 0.717) is 0 Å². The SMILES string of the molecule is OC1(CNCCSc2ccccc2)CCCCCC1. The van der Waals surface area contributed by atoms with E-state index in [1.54, 1.807) is 0 Å². The van der Waals surface area contributed by atoms with Crippen molar-refractivity contribution in [2.45, 2.75) is 49.0 Å². The fourth-order valence-electron chi connectivity index (χ4n) is 2.64. The summed E-state index contributed by atoms with van der Waals surface area (Å²) in [6.45, 7) is 1.71. The van der Waals surface area contributed by atoms with Crippen molar-refractivity contribution in [1.82, 2.24) is 5.32 Å². The second-order valence-corrected chi connectivity index (χ2v) is 6.65. The maximum absolute atomic E-state index is 10.5. The summed E-state index contributed by atoms with van der Waals surface area (Å²) in [6, 6.07) is 10.5. The van der Waals surface area contributed by atoms with Crippen molar-refractivity contribution in [3.8, 4) is 0 Å². The van der Waals surface area contributed by atoms with Gasteiger partial charge in [0.05, 0.1) is 5.60 Å². The van der Waals surface area contributed by atoms with Gasteiger partial charge < -0.3 is 10.4 Å². The molecule has 1 aromatic carbocycles. The van der Waals surface area contributed by atoms with Gasteiger partial charge in [0.15, 0.2) is 0 Å². The molecule has 0 bridgehead atoms. The summed E-state index contributed by atoms with van der Waals surface area (Å²) >= 11 is 1.87. The van der Waals surface area contributed by atoms with Crippen molar-refractivity contribution in [1.29, 1.82) is 0 Å². The van der Waals surface area contributed by atoms with Crippen LogP contribution in [0.1, 0.15) is 38.5 Å². The lowest BCUT2D eigenvalue weighted by atomic mass is 9.94. The molecule has 2 rings (SSSR count). The lowest BCUT2D eigenvalue weighted by molar-refractivity contribution is 0.0259. The van der Waals surface area contributed by atoms with Crippen LogP contribution in [0.15, 0.2) is 35.2 Å². The molecule has 0 radical (unpaired) electrons. The van der Waals surface area contributed by atoms with Crippen LogP contribution in [0.25, 0.3) is 0 Å². The second-order valence-electron chi connectivity index (χ2n) is 5.48. The van der Waals surface area contributed by atoms with E-state index in [0.717, 1.165) is 31.7 Å². The van der Waals surface area contributed by atoms with Gasteiger partial charge in [-0.25, -0.2) is 0 Å². The standard InChI is InChI=1S/C16H25NOS/c18-16(10-6-1-2-7-11-16)14-17-12-13-19-15-8-4-3-5-9-15/h3-5,8-9,17-18H,1-2,6-7,10-14H2. The molecular formula is C16H25NOS. The number of benzene rings is 1. The molecule has 2 N–H and O–H groups in total. The van der Waals surface area contributed by atoms with Crippen molar-refractivity contribution in [3.63, 3.8) is 0 Å². The van der Waals surface area contributed by atoms with E-state index in [-0.39, 0.29) is 0 Å². The third-order valence-electron chi connectivity index (χ3n) is 3.78. The third-order valence-corrected chi connectivity index (χ3v) is 4.79. The first-order valence-corrected chi connectivity index (χ1v) is 8.38. The molecule has 0 amide bonds. The zero-order chi connectivity index (χ0) is 13.4. The molecule has 0 heterocycles. The fourth-order valence-corrected chi connectivity index (χ4v) is 3.47. The lowest BCUT2D eigenvalue weighted by Crippen LogP contribution is -2.40. The Hall–Kier alpha value is -0.510. The quantitative estimate of drug-likeness (QED) is 0.475. The molecule has 1 fully saturated rings. The van der Waals surface area contributed by atoms with Crippen LogP contribution in [0.5, 0.6) is 0 Å². The Labute approximate surface area is 121 Å². The van der Waals surface area contributed by atoms with Crippen LogP contribution in [0.4, 0.5) is 0 Å². The Balaban J connectivity index is 1.61. The molecule has 0 spiro atoms. The fraction of sp³-hybridized carbons (Fsp3) is 0.625. The van der Waals surface area contributed by atoms with E-state index in [4.69, 9.17) is 0 Å². The molecule has 1 aliphatic carbocycles. The van der Waals surface area contributed by atoms with E-state index >= 15 is 0 Å². The van der Waals surface area contributed by atoms with E-state index in [1.807, 2.05) is 17.8 Å². The number of rotatable bonds is 6. The first-order valence-electron chi connectivity index (χ1n) is 7.39. The Morgan fingerprint density at radius 3 is 2.42 bits per heavy atom. The Morgan fingerprint density at radius 2 is 1.74 bits per heavy atom. The number of hydrogen-bond acceptors (Lipinski definition) is 3. The summed E-state index contributed by atoms with van der Waals surface area (Å²) in [4.78, 5) is 1.32. The van der Waals surface area contributed by atoms with Crippen molar-refractivity contribution in [2.24, 2.45) is 0 Å². The molecule has 19 heavy (non-hydrogen) atoms. The smallest absolute Gasteiger partial charge is 0.0771 e. The van der Waals surface area contributed by atoms with Gasteiger partial charge >= 0.3 is 0 Å². The molecule has 0 aliphatic heterocycles. The average Bonchev–Trinajstić information content (AvgIpc) is 2.65. The summed E-state index contributed by atoms with van der Waals surface area (Å²) in [6.07, 6.45) is 6.85. The summed E-state index contributed by atoms with van der Waals surface area (Å²) < 4.78 is 0. The normalized spacial score (nSPS) is 19.0. The van der Waals surface area contributed by atoms with E-state index in [2.05, 4.69) is 29.6 Å². The second kappa shape index (κ2) is 7.93. The van der Waals surface area contributed by atoms with Crippen molar-refractivity contribution in [2.75, 3.05) is 18.8 Å². The highest BCUT2D eigenvalue weighted by molar-refractivity contribution is 7.99. The van der Waals surface area contributed by atoms with Crippen LogP contribution < -0.4 is 5.32 Å². The van der Waals surface area contributed by atoms with Crippen molar-refractivity contribution < 1.29 is 5.11 Å². The molecule has 106 valence electrons. The minimum atomic E-state index is -0.450. The van der Waals surface area contributed by atoms with Crippen LogP contribution in [0.2, 0.25) is 0 Å². The van der Waals surface area contributed by atoms with Gasteiger partial charge in [0, 0.05) is 23.7 Å². The van der Waals surface area contributed by atoms with Gasteiger partial charge in [0.25, 0.3) is 0 Å². The zero-order valence-electron chi connectivity index (χ0n) is 11.6.